The average Bonchev–Trinajstić information content (AvgIpc) is 2.62. The number of hydrogen-bond acceptors (Lipinski definition) is 6. The molecule has 0 saturated heterocycles. The number of halogens is 1. The summed E-state index contributed by atoms with van der Waals surface area (Å²) in [5.74, 6) is 0.307. The van der Waals surface area contributed by atoms with Crippen LogP contribution in [0.4, 0.5) is 11.5 Å². The van der Waals surface area contributed by atoms with Gasteiger partial charge >= 0.3 is 0 Å². The SMILES string of the molecule is Cn1nnc(Br)c1S(=O)(=O)Nc1ccc(N)nc1. The van der Waals surface area contributed by atoms with Crippen LogP contribution in [0.5, 0.6) is 0 Å². The smallest absolute Gasteiger partial charge is 0.281 e. The maximum absolute atomic E-state index is 12.1. The quantitative estimate of drug-likeness (QED) is 0.838. The van der Waals surface area contributed by atoms with E-state index >= 15 is 0 Å². The molecule has 0 atom stereocenters. The Morgan fingerprint density at radius 1 is 1.44 bits per heavy atom. The molecule has 0 aliphatic rings. The van der Waals surface area contributed by atoms with Gasteiger partial charge in [-0.05, 0) is 28.1 Å². The molecule has 0 aliphatic carbocycles. The van der Waals surface area contributed by atoms with E-state index in [0.717, 1.165) is 4.68 Å². The molecule has 0 saturated carbocycles. The minimum atomic E-state index is -3.78. The molecule has 0 unspecified atom stereocenters. The van der Waals surface area contributed by atoms with Crippen LogP contribution in [0.25, 0.3) is 0 Å². The van der Waals surface area contributed by atoms with Crippen molar-refractivity contribution in [3.05, 3.63) is 22.9 Å². The Balaban J connectivity index is 2.36. The standard InChI is InChI=1S/C8H9BrN6O2S/c1-15-8(7(9)12-14-15)18(16,17)13-5-2-3-6(10)11-4-5/h2-4,13H,1H3,(H2,10,11). The fraction of sp³-hybridized carbons (Fsp3) is 0.125. The van der Waals surface area contributed by atoms with Crippen molar-refractivity contribution in [2.45, 2.75) is 5.03 Å². The lowest BCUT2D eigenvalue weighted by atomic mass is 10.4. The zero-order valence-corrected chi connectivity index (χ0v) is 11.6. The van der Waals surface area contributed by atoms with E-state index in [2.05, 4.69) is 35.9 Å². The highest BCUT2D eigenvalue weighted by Crippen LogP contribution is 2.21. The van der Waals surface area contributed by atoms with Gasteiger partial charge in [0, 0.05) is 7.05 Å². The predicted molar refractivity (Wildman–Crippen MR) is 68.2 cm³/mol. The number of aryl methyl sites for hydroxylation is 1. The minimum Gasteiger partial charge on any atom is -0.384 e. The van der Waals surface area contributed by atoms with E-state index in [9.17, 15) is 8.42 Å². The molecule has 2 heterocycles. The molecule has 2 aromatic rings. The molecule has 0 bridgehead atoms. The summed E-state index contributed by atoms with van der Waals surface area (Å²) < 4.78 is 27.8. The van der Waals surface area contributed by atoms with E-state index in [1.54, 1.807) is 0 Å². The average molecular weight is 333 g/mol. The third-order valence-corrected chi connectivity index (χ3v) is 4.30. The molecular weight excluding hydrogens is 324 g/mol. The van der Waals surface area contributed by atoms with E-state index in [1.807, 2.05) is 0 Å². The first-order valence-corrected chi connectivity index (χ1v) is 6.97. The van der Waals surface area contributed by atoms with Crippen LogP contribution in [-0.2, 0) is 17.1 Å². The Morgan fingerprint density at radius 3 is 2.67 bits per heavy atom. The first-order chi connectivity index (χ1) is 8.40. The molecule has 8 nitrogen and oxygen atoms in total. The molecule has 0 amide bonds. The van der Waals surface area contributed by atoms with Crippen LogP contribution in [0.2, 0.25) is 0 Å². The second kappa shape index (κ2) is 4.53. The molecule has 3 N–H and O–H groups in total. The Morgan fingerprint density at radius 2 is 2.17 bits per heavy atom. The number of nitrogen functional groups attached to an aromatic ring is 1. The Bertz CT molecular complexity index is 646. The number of nitrogens with two attached hydrogens (primary N) is 1. The summed E-state index contributed by atoms with van der Waals surface area (Å²) in [6.07, 6.45) is 1.32. The van der Waals surface area contributed by atoms with Crippen molar-refractivity contribution in [1.82, 2.24) is 20.0 Å². The second-order valence-corrected chi connectivity index (χ2v) is 5.74. The fourth-order valence-electron chi connectivity index (χ4n) is 1.28. The highest BCUT2D eigenvalue weighted by Gasteiger charge is 2.23. The van der Waals surface area contributed by atoms with E-state index in [0.29, 0.717) is 11.5 Å². The third-order valence-electron chi connectivity index (χ3n) is 2.03. The monoisotopic (exact) mass is 332 g/mol. The van der Waals surface area contributed by atoms with Gasteiger partial charge in [-0.15, -0.1) is 5.10 Å². The fourth-order valence-corrected chi connectivity index (χ4v) is 3.42. The van der Waals surface area contributed by atoms with E-state index in [-0.39, 0.29) is 9.63 Å². The zero-order chi connectivity index (χ0) is 13.3. The summed E-state index contributed by atoms with van der Waals surface area (Å²) in [5.41, 5.74) is 5.72. The van der Waals surface area contributed by atoms with Crippen molar-refractivity contribution in [2.24, 2.45) is 7.05 Å². The second-order valence-electron chi connectivity index (χ2n) is 3.39. The van der Waals surface area contributed by atoms with Crippen LogP contribution in [-0.4, -0.2) is 28.4 Å². The summed E-state index contributed by atoms with van der Waals surface area (Å²) in [6, 6.07) is 3.01. The highest BCUT2D eigenvalue weighted by molar-refractivity contribution is 9.10. The van der Waals surface area contributed by atoms with Crippen LogP contribution in [0.3, 0.4) is 0 Å². The lowest BCUT2D eigenvalue weighted by Gasteiger charge is -2.07. The van der Waals surface area contributed by atoms with Crippen molar-refractivity contribution in [3.8, 4) is 0 Å². The molecule has 0 aliphatic heterocycles. The first kappa shape index (κ1) is 12.8. The van der Waals surface area contributed by atoms with Crippen molar-refractivity contribution in [2.75, 3.05) is 10.5 Å². The maximum Gasteiger partial charge on any atom is 0.281 e. The summed E-state index contributed by atoms with van der Waals surface area (Å²) in [7, 11) is -2.30. The van der Waals surface area contributed by atoms with Gasteiger partial charge in [0.05, 0.1) is 11.9 Å². The van der Waals surface area contributed by atoms with Crippen molar-refractivity contribution in [1.29, 1.82) is 0 Å². The number of hydrogen-bond donors (Lipinski definition) is 2. The minimum absolute atomic E-state index is 0.0701. The molecule has 0 spiro atoms. The van der Waals surface area contributed by atoms with Gasteiger partial charge in [-0.3, -0.25) is 4.72 Å². The van der Waals surface area contributed by atoms with Gasteiger partial charge in [-0.25, -0.2) is 9.67 Å². The lowest BCUT2D eigenvalue weighted by Crippen LogP contribution is -2.17. The van der Waals surface area contributed by atoms with Gasteiger partial charge in [0.15, 0.2) is 4.60 Å². The van der Waals surface area contributed by atoms with Crippen LogP contribution < -0.4 is 10.5 Å². The molecule has 18 heavy (non-hydrogen) atoms. The third kappa shape index (κ3) is 2.43. The number of aromatic nitrogens is 4. The summed E-state index contributed by atoms with van der Waals surface area (Å²) in [6.45, 7) is 0. The van der Waals surface area contributed by atoms with Crippen LogP contribution in [0.15, 0.2) is 28.0 Å². The maximum atomic E-state index is 12.1. The van der Waals surface area contributed by atoms with Gasteiger partial charge < -0.3 is 5.73 Å². The Labute approximate surface area is 111 Å². The molecule has 96 valence electrons. The van der Waals surface area contributed by atoms with E-state index in [4.69, 9.17) is 5.73 Å². The topological polar surface area (TPSA) is 116 Å². The number of nitrogens with one attached hydrogen (secondary N) is 1. The summed E-state index contributed by atoms with van der Waals surface area (Å²) in [5, 5.41) is 7.15. The first-order valence-electron chi connectivity index (χ1n) is 4.69. The van der Waals surface area contributed by atoms with Crippen molar-refractivity contribution < 1.29 is 8.42 Å². The molecule has 2 aromatic heterocycles. The summed E-state index contributed by atoms with van der Waals surface area (Å²) >= 11 is 3.03. The van der Waals surface area contributed by atoms with E-state index < -0.39 is 10.0 Å². The normalized spacial score (nSPS) is 11.4. The molecule has 2 rings (SSSR count). The van der Waals surface area contributed by atoms with Crippen LogP contribution >= 0.6 is 15.9 Å². The Kier molecular flexibility index (Phi) is 3.22. The van der Waals surface area contributed by atoms with Crippen LogP contribution in [0.1, 0.15) is 0 Å². The molecule has 0 fully saturated rings. The number of sulfonamides is 1. The highest BCUT2D eigenvalue weighted by atomic mass is 79.9. The zero-order valence-electron chi connectivity index (χ0n) is 9.20. The molecule has 10 heteroatoms. The lowest BCUT2D eigenvalue weighted by molar-refractivity contribution is 0.578. The van der Waals surface area contributed by atoms with Gasteiger partial charge in [0.1, 0.15) is 5.82 Å². The number of pyridine rings is 1. The van der Waals surface area contributed by atoms with Crippen molar-refractivity contribution >= 4 is 37.5 Å². The number of rotatable bonds is 3. The molecular formula is C8H9BrN6O2S. The van der Waals surface area contributed by atoms with Gasteiger partial charge in [-0.1, -0.05) is 5.21 Å². The van der Waals surface area contributed by atoms with Gasteiger partial charge in [0.2, 0.25) is 5.03 Å². The Hall–Kier alpha value is -1.68. The number of nitrogens with zero attached hydrogens (tertiary/aromatic N) is 4. The molecule has 0 aromatic carbocycles. The molecule has 0 radical (unpaired) electrons. The number of anilines is 2. The van der Waals surface area contributed by atoms with E-state index in [1.165, 1.54) is 25.4 Å². The van der Waals surface area contributed by atoms with Gasteiger partial charge in [0.25, 0.3) is 10.0 Å². The summed E-state index contributed by atoms with van der Waals surface area (Å²) in [4.78, 5) is 3.79. The van der Waals surface area contributed by atoms with Gasteiger partial charge in [-0.2, -0.15) is 8.42 Å². The van der Waals surface area contributed by atoms with Crippen LogP contribution in [0, 0.1) is 0 Å². The predicted octanol–water partition coefficient (Wildman–Crippen LogP) is 0.356. The van der Waals surface area contributed by atoms with Crippen molar-refractivity contribution in [3.63, 3.8) is 0 Å². The largest absolute Gasteiger partial charge is 0.384 e.